The van der Waals surface area contributed by atoms with Gasteiger partial charge >= 0.3 is 0 Å². The third kappa shape index (κ3) is 3.03. The Kier molecular flexibility index (Phi) is 4.39. The SMILES string of the molecule is COc1ccc(C)cc1NC(=O)c1cc(=O)n2c(nc3cc(C)c(C)cc32)s1. The van der Waals surface area contributed by atoms with Crippen LogP contribution in [0.4, 0.5) is 5.69 Å². The zero-order valence-corrected chi connectivity index (χ0v) is 16.8. The van der Waals surface area contributed by atoms with Crippen molar-refractivity contribution in [1.29, 1.82) is 0 Å². The van der Waals surface area contributed by atoms with E-state index in [1.807, 2.05) is 45.0 Å². The minimum atomic E-state index is -0.368. The highest BCUT2D eigenvalue weighted by molar-refractivity contribution is 7.18. The molecule has 0 aliphatic carbocycles. The quantitative estimate of drug-likeness (QED) is 0.569. The molecule has 2 aromatic heterocycles. The van der Waals surface area contributed by atoms with Gasteiger partial charge in [0, 0.05) is 6.07 Å². The molecule has 4 rings (SSSR count). The van der Waals surface area contributed by atoms with Crippen LogP contribution in [0.1, 0.15) is 26.4 Å². The fraction of sp³-hybridized carbons (Fsp3) is 0.190. The number of hydrogen-bond acceptors (Lipinski definition) is 5. The number of fused-ring (bicyclic) bond motifs is 3. The van der Waals surface area contributed by atoms with Gasteiger partial charge in [-0.15, -0.1) is 0 Å². The van der Waals surface area contributed by atoms with Crippen molar-refractivity contribution < 1.29 is 9.53 Å². The van der Waals surface area contributed by atoms with E-state index < -0.39 is 0 Å². The first kappa shape index (κ1) is 18.2. The lowest BCUT2D eigenvalue weighted by molar-refractivity contribution is 0.103. The summed E-state index contributed by atoms with van der Waals surface area (Å²) in [5, 5.41) is 2.83. The van der Waals surface area contributed by atoms with Gasteiger partial charge in [-0.2, -0.15) is 0 Å². The van der Waals surface area contributed by atoms with Crippen LogP contribution in [-0.2, 0) is 0 Å². The Hall–Kier alpha value is -3.19. The van der Waals surface area contributed by atoms with E-state index >= 15 is 0 Å². The number of ether oxygens (including phenoxy) is 1. The topological polar surface area (TPSA) is 72.7 Å². The fourth-order valence-corrected chi connectivity index (χ4v) is 4.04. The average Bonchev–Trinajstić information content (AvgIpc) is 3.00. The number of imidazole rings is 1. The Morgan fingerprint density at radius 3 is 2.61 bits per heavy atom. The number of nitrogens with one attached hydrogen (secondary N) is 1. The first-order valence-electron chi connectivity index (χ1n) is 8.77. The summed E-state index contributed by atoms with van der Waals surface area (Å²) in [6, 6.07) is 10.8. The maximum Gasteiger partial charge on any atom is 0.266 e. The van der Waals surface area contributed by atoms with Gasteiger partial charge in [0.05, 0.1) is 23.8 Å². The molecule has 2 aromatic carbocycles. The molecule has 7 heteroatoms. The van der Waals surface area contributed by atoms with Crippen LogP contribution in [-0.4, -0.2) is 22.4 Å². The van der Waals surface area contributed by atoms with Gasteiger partial charge in [-0.25, -0.2) is 4.98 Å². The lowest BCUT2D eigenvalue weighted by Crippen LogP contribution is -2.17. The van der Waals surface area contributed by atoms with Crippen molar-refractivity contribution in [1.82, 2.24) is 9.38 Å². The van der Waals surface area contributed by atoms with Crippen LogP contribution in [0.25, 0.3) is 16.0 Å². The Bertz CT molecular complexity index is 1300. The second-order valence-electron chi connectivity index (χ2n) is 6.76. The van der Waals surface area contributed by atoms with Crippen molar-refractivity contribution in [2.45, 2.75) is 20.8 Å². The number of anilines is 1. The van der Waals surface area contributed by atoms with Gasteiger partial charge in [0.1, 0.15) is 10.6 Å². The van der Waals surface area contributed by atoms with E-state index in [0.717, 1.165) is 27.7 Å². The van der Waals surface area contributed by atoms with Gasteiger partial charge in [0.25, 0.3) is 11.5 Å². The largest absolute Gasteiger partial charge is 0.495 e. The van der Waals surface area contributed by atoms with Crippen LogP contribution in [0, 0.1) is 20.8 Å². The minimum Gasteiger partial charge on any atom is -0.495 e. The lowest BCUT2D eigenvalue weighted by Gasteiger charge is -2.10. The Labute approximate surface area is 165 Å². The van der Waals surface area contributed by atoms with Crippen LogP contribution in [0.15, 0.2) is 41.2 Å². The molecule has 0 saturated carbocycles. The first-order valence-corrected chi connectivity index (χ1v) is 9.58. The van der Waals surface area contributed by atoms with E-state index in [9.17, 15) is 9.59 Å². The summed E-state index contributed by atoms with van der Waals surface area (Å²) in [7, 11) is 1.55. The fourth-order valence-electron chi connectivity index (χ4n) is 3.11. The molecule has 1 amide bonds. The first-order chi connectivity index (χ1) is 13.4. The van der Waals surface area contributed by atoms with Crippen LogP contribution >= 0.6 is 11.3 Å². The van der Waals surface area contributed by atoms with Crippen LogP contribution < -0.4 is 15.6 Å². The number of carbonyl (C=O) groups excluding carboxylic acids is 1. The van der Waals surface area contributed by atoms with Crippen LogP contribution in [0.2, 0.25) is 0 Å². The second-order valence-corrected chi connectivity index (χ2v) is 7.77. The monoisotopic (exact) mass is 393 g/mol. The number of benzene rings is 2. The molecular formula is C21H19N3O3S. The third-order valence-electron chi connectivity index (χ3n) is 4.74. The average molecular weight is 393 g/mol. The van der Waals surface area contributed by atoms with Crippen molar-refractivity contribution in [3.8, 4) is 5.75 Å². The van der Waals surface area contributed by atoms with Crippen molar-refractivity contribution >= 4 is 38.9 Å². The maximum atomic E-state index is 12.8. The summed E-state index contributed by atoms with van der Waals surface area (Å²) in [5.41, 5.74) is 4.98. The lowest BCUT2D eigenvalue weighted by atomic mass is 10.1. The summed E-state index contributed by atoms with van der Waals surface area (Å²) in [4.78, 5) is 30.9. The van der Waals surface area contributed by atoms with Gasteiger partial charge in [-0.3, -0.25) is 14.0 Å². The van der Waals surface area contributed by atoms with Crippen LogP contribution in [0.5, 0.6) is 5.75 Å². The Morgan fingerprint density at radius 1 is 1.11 bits per heavy atom. The molecule has 0 unspecified atom stereocenters. The van der Waals surface area contributed by atoms with E-state index in [1.54, 1.807) is 17.6 Å². The smallest absolute Gasteiger partial charge is 0.266 e. The molecule has 0 fully saturated rings. The van der Waals surface area contributed by atoms with Gasteiger partial charge in [0.2, 0.25) is 0 Å². The zero-order valence-electron chi connectivity index (χ0n) is 16.0. The van der Waals surface area contributed by atoms with Gasteiger partial charge < -0.3 is 10.1 Å². The molecule has 0 bridgehead atoms. The van der Waals surface area contributed by atoms with E-state index in [4.69, 9.17) is 4.74 Å². The number of carbonyl (C=O) groups is 1. The summed E-state index contributed by atoms with van der Waals surface area (Å²) in [6.45, 7) is 5.94. The highest BCUT2D eigenvalue weighted by atomic mass is 32.1. The second kappa shape index (κ2) is 6.76. The molecule has 0 atom stereocenters. The van der Waals surface area contributed by atoms with Gasteiger partial charge in [-0.1, -0.05) is 17.4 Å². The Morgan fingerprint density at radius 2 is 1.86 bits per heavy atom. The highest BCUT2D eigenvalue weighted by Crippen LogP contribution is 2.27. The zero-order chi connectivity index (χ0) is 20.0. The molecule has 28 heavy (non-hydrogen) atoms. The standard InChI is InChI=1S/C21H19N3O3S/c1-11-5-6-17(27-4)15(7-11)22-20(26)18-10-19(25)24-16-9-13(3)12(2)8-14(16)23-21(24)28-18/h5-10H,1-4H3,(H,22,26). The maximum absolute atomic E-state index is 12.8. The molecule has 0 radical (unpaired) electrons. The van der Waals surface area contributed by atoms with Crippen molar-refractivity contribution in [2.24, 2.45) is 0 Å². The minimum absolute atomic E-state index is 0.277. The normalized spacial score (nSPS) is 11.1. The molecular weight excluding hydrogens is 374 g/mol. The third-order valence-corrected chi connectivity index (χ3v) is 5.72. The van der Waals surface area contributed by atoms with Crippen LogP contribution in [0.3, 0.4) is 0 Å². The molecule has 142 valence electrons. The molecule has 0 aliphatic heterocycles. The van der Waals surface area contributed by atoms with Crippen molar-refractivity contribution in [3.63, 3.8) is 0 Å². The molecule has 1 N–H and O–H groups in total. The number of aryl methyl sites for hydroxylation is 3. The molecule has 2 heterocycles. The van der Waals surface area contributed by atoms with Gasteiger partial charge in [-0.05, 0) is 61.7 Å². The predicted molar refractivity (Wildman–Crippen MR) is 112 cm³/mol. The van der Waals surface area contributed by atoms with Crippen molar-refractivity contribution in [3.05, 3.63) is 68.3 Å². The highest BCUT2D eigenvalue weighted by Gasteiger charge is 2.16. The van der Waals surface area contributed by atoms with E-state index in [1.165, 1.54) is 17.4 Å². The number of amides is 1. The summed E-state index contributed by atoms with van der Waals surface area (Å²) >= 11 is 1.18. The molecule has 0 aliphatic rings. The van der Waals surface area contributed by atoms with E-state index in [0.29, 0.717) is 21.3 Å². The summed E-state index contributed by atoms with van der Waals surface area (Å²) in [5.74, 6) is 0.192. The van der Waals surface area contributed by atoms with Crippen molar-refractivity contribution in [2.75, 3.05) is 12.4 Å². The number of nitrogens with zero attached hydrogens (tertiary/aromatic N) is 2. The van der Waals surface area contributed by atoms with E-state index in [2.05, 4.69) is 10.3 Å². The molecule has 0 saturated heterocycles. The molecule has 0 spiro atoms. The Balaban J connectivity index is 1.79. The number of methoxy groups -OCH3 is 1. The molecule has 6 nitrogen and oxygen atoms in total. The predicted octanol–water partition coefficient (Wildman–Crippen LogP) is 4.10. The van der Waals surface area contributed by atoms with Gasteiger partial charge in [0.15, 0.2) is 4.96 Å². The number of rotatable bonds is 3. The number of aromatic nitrogens is 2. The molecule has 4 aromatic rings. The number of hydrogen-bond donors (Lipinski definition) is 1. The van der Waals surface area contributed by atoms with E-state index in [-0.39, 0.29) is 11.5 Å². The summed E-state index contributed by atoms with van der Waals surface area (Å²) < 4.78 is 6.86. The summed E-state index contributed by atoms with van der Waals surface area (Å²) in [6.07, 6.45) is 0.